The van der Waals surface area contributed by atoms with Gasteiger partial charge in [-0.25, -0.2) is 0 Å². The van der Waals surface area contributed by atoms with Gasteiger partial charge in [-0.3, -0.25) is 0 Å². The Hall–Kier alpha value is -1.51. The van der Waals surface area contributed by atoms with Gasteiger partial charge in [-0.1, -0.05) is 35.9 Å². The van der Waals surface area contributed by atoms with E-state index in [2.05, 4.69) is 36.1 Å². The lowest BCUT2D eigenvalue weighted by Gasteiger charge is -2.37. The number of aryl methyl sites for hydroxylation is 1. The van der Waals surface area contributed by atoms with Gasteiger partial charge in [-0.15, -0.1) is 0 Å². The normalized spacial score (nSPS) is 17.9. The molecular formula is C17H18ClNO. The van der Waals surface area contributed by atoms with Gasteiger partial charge in [0.05, 0.1) is 17.3 Å². The Kier molecular flexibility index (Phi) is 3.68. The molecule has 0 amide bonds. The van der Waals surface area contributed by atoms with Crippen LogP contribution in [0.25, 0.3) is 0 Å². The summed E-state index contributed by atoms with van der Waals surface area (Å²) >= 11 is 6.42. The van der Waals surface area contributed by atoms with E-state index in [1.807, 2.05) is 18.2 Å². The summed E-state index contributed by atoms with van der Waals surface area (Å²) in [6.45, 7) is 2.25. The summed E-state index contributed by atoms with van der Waals surface area (Å²) in [6, 6.07) is 14.7. The molecule has 2 aromatic carbocycles. The van der Waals surface area contributed by atoms with Crippen LogP contribution in [0, 0.1) is 0 Å². The van der Waals surface area contributed by atoms with Crippen LogP contribution in [0.2, 0.25) is 5.02 Å². The average molecular weight is 288 g/mol. The van der Waals surface area contributed by atoms with Crippen molar-refractivity contribution in [2.24, 2.45) is 0 Å². The number of nitrogens with zero attached hydrogens (tertiary/aromatic N) is 1. The molecule has 0 bridgehead atoms. The summed E-state index contributed by atoms with van der Waals surface area (Å²) in [6.07, 6.45) is 2.23. The van der Waals surface area contributed by atoms with Crippen molar-refractivity contribution in [3.8, 4) is 0 Å². The fraction of sp³-hybridized carbons (Fsp3) is 0.294. The number of para-hydroxylation sites is 1. The number of hydrogen-bond donors (Lipinski definition) is 1. The van der Waals surface area contributed by atoms with E-state index in [-0.39, 0.29) is 6.61 Å². The SMILES string of the molecule is CC1CCc2ccccc2N1c1ccc(CO)cc1Cl. The zero-order chi connectivity index (χ0) is 14.1. The van der Waals surface area contributed by atoms with Gasteiger partial charge in [0.2, 0.25) is 0 Å². The van der Waals surface area contributed by atoms with Crippen molar-refractivity contribution < 1.29 is 5.11 Å². The molecule has 1 aliphatic rings. The summed E-state index contributed by atoms with van der Waals surface area (Å²) in [5.41, 5.74) is 4.47. The maximum atomic E-state index is 9.20. The van der Waals surface area contributed by atoms with Crippen molar-refractivity contribution in [1.82, 2.24) is 0 Å². The number of hydrogen-bond acceptors (Lipinski definition) is 2. The number of anilines is 2. The Balaban J connectivity index is 2.09. The highest BCUT2D eigenvalue weighted by Gasteiger charge is 2.25. The summed E-state index contributed by atoms with van der Waals surface area (Å²) in [7, 11) is 0. The van der Waals surface area contributed by atoms with Crippen molar-refractivity contribution in [2.75, 3.05) is 4.90 Å². The van der Waals surface area contributed by atoms with Crippen molar-refractivity contribution in [3.63, 3.8) is 0 Å². The quantitative estimate of drug-likeness (QED) is 0.890. The minimum atomic E-state index is 0.0200. The topological polar surface area (TPSA) is 23.5 Å². The van der Waals surface area contributed by atoms with Gasteiger partial charge in [0.1, 0.15) is 0 Å². The molecule has 0 aromatic heterocycles. The van der Waals surface area contributed by atoms with Crippen LogP contribution in [0.4, 0.5) is 11.4 Å². The molecule has 1 unspecified atom stereocenters. The summed E-state index contributed by atoms with van der Waals surface area (Å²) < 4.78 is 0. The van der Waals surface area contributed by atoms with Gasteiger partial charge in [-0.05, 0) is 49.1 Å². The standard InChI is InChI=1S/C17H18ClNO/c1-12-6-8-14-4-2-3-5-16(14)19(12)17-9-7-13(11-20)10-15(17)18/h2-5,7,9-10,12,20H,6,8,11H2,1H3. The summed E-state index contributed by atoms with van der Waals surface area (Å²) in [5, 5.41) is 9.90. The number of rotatable bonds is 2. The number of halogens is 1. The molecule has 3 rings (SSSR count). The predicted octanol–water partition coefficient (Wildman–Crippen LogP) is 4.31. The first-order valence-electron chi connectivity index (χ1n) is 6.97. The molecule has 20 heavy (non-hydrogen) atoms. The monoisotopic (exact) mass is 287 g/mol. The Morgan fingerprint density at radius 1 is 1.20 bits per heavy atom. The van der Waals surface area contributed by atoms with Gasteiger partial charge >= 0.3 is 0 Å². The van der Waals surface area contributed by atoms with E-state index in [0.29, 0.717) is 11.1 Å². The van der Waals surface area contributed by atoms with Crippen LogP contribution >= 0.6 is 11.6 Å². The van der Waals surface area contributed by atoms with Crippen molar-refractivity contribution in [2.45, 2.75) is 32.4 Å². The van der Waals surface area contributed by atoms with E-state index in [1.165, 1.54) is 11.3 Å². The second-order valence-corrected chi connectivity index (χ2v) is 5.74. The fourth-order valence-electron chi connectivity index (χ4n) is 2.90. The third kappa shape index (κ3) is 2.30. The van der Waals surface area contributed by atoms with Crippen LogP contribution in [0.15, 0.2) is 42.5 Å². The van der Waals surface area contributed by atoms with Crippen LogP contribution in [0.3, 0.4) is 0 Å². The van der Waals surface area contributed by atoms with Crippen LogP contribution in [0.5, 0.6) is 0 Å². The third-order valence-electron chi connectivity index (χ3n) is 3.98. The Morgan fingerprint density at radius 2 is 2.00 bits per heavy atom. The van der Waals surface area contributed by atoms with Crippen molar-refractivity contribution in [3.05, 3.63) is 58.6 Å². The van der Waals surface area contributed by atoms with Crippen LogP contribution < -0.4 is 4.90 Å². The molecule has 1 atom stereocenters. The molecule has 0 saturated carbocycles. The van der Waals surface area contributed by atoms with Crippen molar-refractivity contribution in [1.29, 1.82) is 0 Å². The summed E-state index contributed by atoms with van der Waals surface area (Å²) in [4.78, 5) is 2.31. The van der Waals surface area contributed by atoms with Gasteiger partial charge in [0.15, 0.2) is 0 Å². The molecule has 104 valence electrons. The zero-order valence-corrected chi connectivity index (χ0v) is 12.3. The lowest BCUT2D eigenvalue weighted by Crippen LogP contribution is -2.33. The fourth-order valence-corrected chi connectivity index (χ4v) is 3.19. The predicted molar refractivity (Wildman–Crippen MR) is 83.7 cm³/mol. The molecule has 2 aromatic rings. The number of benzene rings is 2. The molecule has 1 heterocycles. The maximum Gasteiger partial charge on any atom is 0.0682 e. The van der Waals surface area contributed by atoms with Gasteiger partial charge in [0.25, 0.3) is 0 Å². The first-order valence-corrected chi connectivity index (χ1v) is 7.35. The van der Waals surface area contributed by atoms with Crippen LogP contribution in [-0.2, 0) is 13.0 Å². The maximum absolute atomic E-state index is 9.20. The lowest BCUT2D eigenvalue weighted by molar-refractivity contribution is 0.282. The zero-order valence-electron chi connectivity index (χ0n) is 11.5. The second-order valence-electron chi connectivity index (χ2n) is 5.33. The van der Waals surface area contributed by atoms with E-state index in [1.54, 1.807) is 0 Å². The molecule has 0 aliphatic carbocycles. The highest BCUT2D eigenvalue weighted by atomic mass is 35.5. The smallest absolute Gasteiger partial charge is 0.0682 e. The van der Waals surface area contributed by atoms with E-state index < -0.39 is 0 Å². The molecule has 3 heteroatoms. The largest absolute Gasteiger partial charge is 0.392 e. The minimum absolute atomic E-state index is 0.0200. The first kappa shape index (κ1) is 13.5. The molecule has 0 fully saturated rings. The van der Waals surface area contributed by atoms with E-state index in [0.717, 1.165) is 24.1 Å². The second kappa shape index (κ2) is 5.47. The molecule has 0 saturated heterocycles. The number of fused-ring (bicyclic) bond motifs is 1. The first-order chi connectivity index (χ1) is 9.70. The molecule has 1 N–H and O–H groups in total. The average Bonchev–Trinajstić information content (AvgIpc) is 2.48. The molecule has 0 spiro atoms. The highest BCUT2D eigenvalue weighted by Crippen LogP contribution is 2.40. The van der Waals surface area contributed by atoms with E-state index in [4.69, 9.17) is 11.6 Å². The Labute approximate surface area is 124 Å². The Morgan fingerprint density at radius 3 is 2.75 bits per heavy atom. The van der Waals surface area contributed by atoms with Crippen molar-refractivity contribution >= 4 is 23.0 Å². The third-order valence-corrected chi connectivity index (χ3v) is 4.28. The van der Waals surface area contributed by atoms with Crippen LogP contribution in [0.1, 0.15) is 24.5 Å². The summed E-state index contributed by atoms with van der Waals surface area (Å²) in [5.74, 6) is 0. The number of aliphatic hydroxyl groups is 1. The molecular weight excluding hydrogens is 270 g/mol. The minimum Gasteiger partial charge on any atom is -0.392 e. The van der Waals surface area contributed by atoms with E-state index in [9.17, 15) is 5.11 Å². The van der Waals surface area contributed by atoms with E-state index >= 15 is 0 Å². The Bertz CT molecular complexity index is 626. The van der Waals surface area contributed by atoms with Gasteiger partial charge < -0.3 is 10.0 Å². The molecule has 2 nitrogen and oxygen atoms in total. The number of aliphatic hydroxyl groups excluding tert-OH is 1. The lowest BCUT2D eigenvalue weighted by atomic mass is 9.96. The molecule has 0 radical (unpaired) electrons. The van der Waals surface area contributed by atoms with Gasteiger partial charge in [0, 0.05) is 11.7 Å². The molecule has 1 aliphatic heterocycles. The van der Waals surface area contributed by atoms with Gasteiger partial charge in [-0.2, -0.15) is 0 Å². The van der Waals surface area contributed by atoms with Crippen LogP contribution in [-0.4, -0.2) is 11.1 Å². The highest BCUT2D eigenvalue weighted by molar-refractivity contribution is 6.33.